The lowest BCUT2D eigenvalue weighted by molar-refractivity contribution is 1.56. The number of anilines is 1. The molecule has 0 aliphatic rings. The molecular formula is C15H15N. The molecule has 0 saturated heterocycles. The molecule has 0 fully saturated rings. The fourth-order valence-electron chi connectivity index (χ4n) is 1.62. The monoisotopic (exact) mass is 209 g/mol. The highest BCUT2D eigenvalue weighted by Gasteiger charge is 1.98. The lowest BCUT2D eigenvalue weighted by atomic mass is 10.0. The molecule has 0 saturated carbocycles. The molecule has 0 atom stereocenters. The quantitative estimate of drug-likeness (QED) is 0.744. The van der Waals surface area contributed by atoms with Crippen LogP contribution in [-0.2, 0) is 0 Å². The van der Waals surface area contributed by atoms with Crippen LogP contribution in [0.3, 0.4) is 0 Å². The third-order valence-electron chi connectivity index (χ3n) is 2.62. The summed E-state index contributed by atoms with van der Waals surface area (Å²) in [6, 6.07) is 16.3. The van der Waals surface area contributed by atoms with Gasteiger partial charge >= 0.3 is 0 Å². The minimum Gasteiger partial charge on any atom is -0.399 e. The molecule has 0 radical (unpaired) electrons. The molecule has 2 N–H and O–H groups in total. The normalized spacial score (nSPS) is 10.1. The Hall–Kier alpha value is -2.02. The van der Waals surface area contributed by atoms with Crippen molar-refractivity contribution in [2.45, 2.75) is 6.92 Å². The van der Waals surface area contributed by atoms with Crippen molar-refractivity contribution in [3.8, 4) is 11.1 Å². The van der Waals surface area contributed by atoms with Crippen LogP contribution < -0.4 is 5.73 Å². The fourth-order valence-corrected chi connectivity index (χ4v) is 1.62. The summed E-state index contributed by atoms with van der Waals surface area (Å²) in [5, 5.41) is 0. The Morgan fingerprint density at radius 1 is 0.875 bits per heavy atom. The van der Waals surface area contributed by atoms with Gasteiger partial charge in [-0.15, -0.1) is 0 Å². The van der Waals surface area contributed by atoms with Gasteiger partial charge in [-0.3, -0.25) is 0 Å². The second-order valence-electron chi connectivity index (χ2n) is 3.98. The van der Waals surface area contributed by atoms with Gasteiger partial charge in [-0.05, 0) is 35.7 Å². The average molecular weight is 209 g/mol. The van der Waals surface area contributed by atoms with Gasteiger partial charge in [0.2, 0.25) is 0 Å². The van der Waals surface area contributed by atoms with Gasteiger partial charge in [0.05, 0.1) is 0 Å². The summed E-state index contributed by atoms with van der Waals surface area (Å²) in [6.45, 7) is 5.93. The van der Waals surface area contributed by atoms with Crippen molar-refractivity contribution in [3.05, 3.63) is 60.7 Å². The highest BCUT2D eigenvalue weighted by atomic mass is 14.5. The Balaban J connectivity index is 2.34. The lowest BCUT2D eigenvalue weighted by Gasteiger charge is -2.04. The van der Waals surface area contributed by atoms with Gasteiger partial charge in [0.1, 0.15) is 0 Å². The number of allylic oxidation sites excluding steroid dienone is 1. The molecule has 2 rings (SSSR count). The SMILES string of the molecule is C=C(C)c1ccc(-c2ccc(N)cc2)cc1. The van der Waals surface area contributed by atoms with Crippen molar-refractivity contribution in [2.75, 3.05) is 5.73 Å². The van der Waals surface area contributed by atoms with Gasteiger partial charge in [0, 0.05) is 5.69 Å². The Kier molecular flexibility index (Phi) is 2.78. The smallest absolute Gasteiger partial charge is 0.0314 e. The zero-order valence-corrected chi connectivity index (χ0v) is 9.40. The molecule has 2 aromatic rings. The van der Waals surface area contributed by atoms with Crippen molar-refractivity contribution in [1.29, 1.82) is 0 Å². The molecule has 80 valence electrons. The van der Waals surface area contributed by atoms with E-state index in [1.165, 1.54) is 16.7 Å². The predicted molar refractivity (Wildman–Crippen MR) is 71.0 cm³/mol. The van der Waals surface area contributed by atoms with E-state index >= 15 is 0 Å². The van der Waals surface area contributed by atoms with Crippen LogP contribution >= 0.6 is 0 Å². The van der Waals surface area contributed by atoms with E-state index in [0.717, 1.165) is 11.3 Å². The first-order chi connectivity index (χ1) is 7.66. The van der Waals surface area contributed by atoms with Gasteiger partial charge in [0.25, 0.3) is 0 Å². The maximum atomic E-state index is 5.66. The molecule has 0 aliphatic heterocycles. The minimum atomic E-state index is 0.794. The summed E-state index contributed by atoms with van der Waals surface area (Å²) in [6.07, 6.45) is 0. The predicted octanol–water partition coefficient (Wildman–Crippen LogP) is 3.97. The topological polar surface area (TPSA) is 26.0 Å². The first-order valence-corrected chi connectivity index (χ1v) is 5.28. The van der Waals surface area contributed by atoms with Crippen molar-refractivity contribution < 1.29 is 0 Å². The van der Waals surface area contributed by atoms with E-state index < -0.39 is 0 Å². The average Bonchev–Trinajstić information content (AvgIpc) is 2.30. The number of hydrogen-bond acceptors (Lipinski definition) is 1. The summed E-state index contributed by atoms with van der Waals surface area (Å²) in [5.41, 5.74) is 11.1. The molecule has 2 aromatic carbocycles. The Labute approximate surface area is 96.2 Å². The maximum absolute atomic E-state index is 5.66. The fraction of sp³-hybridized carbons (Fsp3) is 0.0667. The van der Waals surface area contributed by atoms with E-state index in [1.54, 1.807) is 0 Å². The first kappa shape index (κ1) is 10.5. The van der Waals surface area contributed by atoms with E-state index in [0.29, 0.717) is 0 Å². The van der Waals surface area contributed by atoms with Gasteiger partial charge in [-0.2, -0.15) is 0 Å². The summed E-state index contributed by atoms with van der Waals surface area (Å²) >= 11 is 0. The summed E-state index contributed by atoms with van der Waals surface area (Å²) in [5.74, 6) is 0. The number of hydrogen-bond donors (Lipinski definition) is 1. The van der Waals surface area contributed by atoms with Crippen molar-refractivity contribution in [2.24, 2.45) is 0 Å². The minimum absolute atomic E-state index is 0.794. The second kappa shape index (κ2) is 4.23. The summed E-state index contributed by atoms with van der Waals surface area (Å²) in [7, 11) is 0. The third kappa shape index (κ3) is 2.14. The zero-order valence-electron chi connectivity index (χ0n) is 9.40. The molecule has 0 amide bonds. The lowest BCUT2D eigenvalue weighted by Crippen LogP contribution is -1.84. The third-order valence-corrected chi connectivity index (χ3v) is 2.62. The maximum Gasteiger partial charge on any atom is 0.0314 e. The van der Waals surface area contributed by atoms with Crippen LogP contribution in [0.2, 0.25) is 0 Å². The van der Waals surface area contributed by atoms with Crippen molar-refractivity contribution >= 4 is 11.3 Å². The van der Waals surface area contributed by atoms with Crippen LogP contribution in [0.15, 0.2) is 55.1 Å². The Bertz CT molecular complexity index is 492. The molecular weight excluding hydrogens is 194 g/mol. The van der Waals surface area contributed by atoms with Crippen LogP contribution in [0.25, 0.3) is 16.7 Å². The molecule has 0 spiro atoms. The van der Waals surface area contributed by atoms with Crippen LogP contribution in [0, 0.1) is 0 Å². The molecule has 0 unspecified atom stereocenters. The van der Waals surface area contributed by atoms with Gasteiger partial charge in [-0.1, -0.05) is 48.6 Å². The molecule has 0 heterocycles. The second-order valence-corrected chi connectivity index (χ2v) is 3.98. The van der Waals surface area contributed by atoms with E-state index in [-0.39, 0.29) is 0 Å². The molecule has 0 aromatic heterocycles. The highest BCUT2D eigenvalue weighted by Crippen LogP contribution is 2.22. The molecule has 1 heteroatoms. The van der Waals surface area contributed by atoms with E-state index in [2.05, 4.69) is 30.8 Å². The number of nitrogens with two attached hydrogens (primary N) is 1. The van der Waals surface area contributed by atoms with E-state index in [1.807, 2.05) is 31.2 Å². The van der Waals surface area contributed by atoms with Crippen LogP contribution in [-0.4, -0.2) is 0 Å². The molecule has 1 nitrogen and oxygen atoms in total. The van der Waals surface area contributed by atoms with E-state index in [9.17, 15) is 0 Å². The van der Waals surface area contributed by atoms with Crippen LogP contribution in [0.5, 0.6) is 0 Å². The molecule has 0 bridgehead atoms. The van der Waals surface area contributed by atoms with Gasteiger partial charge in [0.15, 0.2) is 0 Å². The number of rotatable bonds is 2. The Morgan fingerprint density at radius 2 is 1.31 bits per heavy atom. The van der Waals surface area contributed by atoms with Crippen LogP contribution in [0.1, 0.15) is 12.5 Å². The van der Waals surface area contributed by atoms with Crippen molar-refractivity contribution in [3.63, 3.8) is 0 Å². The number of nitrogen functional groups attached to an aromatic ring is 1. The number of benzene rings is 2. The zero-order chi connectivity index (χ0) is 11.5. The Morgan fingerprint density at radius 3 is 1.75 bits per heavy atom. The van der Waals surface area contributed by atoms with E-state index in [4.69, 9.17) is 5.73 Å². The van der Waals surface area contributed by atoms with Gasteiger partial charge < -0.3 is 5.73 Å². The van der Waals surface area contributed by atoms with Crippen molar-refractivity contribution in [1.82, 2.24) is 0 Å². The van der Waals surface area contributed by atoms with Gasteiger partial charge in [-0.25, -0.2) is 0 Å². The standard InChI is InChI=1S/C15H15N/c1-11(2)12-3-5-13(6-4-12)14-7-9-15(16)10-8-14/h3-10H,1,16H2,2H3. The first-order valence-electron chi connectivity index (χ1n) is 5.28. The van der Waals surface area contributed by atoms with Crippen LogP contribution in [0.4, 0.5) is 5.69 Å². The summed E-state index contributed by atoms with van der Waals surface area (Å²) < 4.78 is 0. The molecule has 0 aliphatic carbocycles. The largest absolute Gasteiger partial charge is 0.399 e. The highest BCUT2D eigenvalue weighted by molar-refractivity contribution is 5.69. The summed E-state index contributed by atoms with van der Waals surface area (Å²) in [4.78, 5) is 0. The molecule has 16 heavy (non-hydrogen) atoms.